The molecule has 0 atom stereocenters. The van der Waals surface area contributed by atoms with Gasteiger partial charge in [-0.15, -0.1) is 0 Å². The number of aromatic nitrogens is 1. The molecular formula is C15H12FNO2. The van der Waals surface area contributed by atoms with Crippen molar-refractivity contribution in [3.63, 3.8) is 0 Å². The van der Waals surface area contributed by atoms with Crippen LogP contribution in [0.25, 0.3) is 21.8 Å². The van der Waals surface area contributed by atoms with E-state index in [1.54, 1.807) is 6.07 Å². The zero-order valence-electron chi connectivity index (χ0n) is 10.2. The quantitative estimate of drug-likeness (QED) is 0.724. The van der Waals surface area contributed by atoms with Crippen LogP contribution in [0.1, 0.15) is 11.9 Å². The van der Waals surface area contributed by atoms with Gasteiger partial charge in [0, 0.05) is 27.4 Å². The van der Waals surface area contributed by atoms with Crippen LogP contribution in [0.3, 0.4) is 0 Å². The van der Waals surface area contributed by atoms with Crippen LogP contribution in [0.15, 0.2) is 36.4 Å². The van der Waals surface area contributed by atoms with Crippen LogP contribution in [-0.2, 0) is 9.47 Å². The van der Waals surface area contributed by atoms with Gasteiger partial charge in [-0.1, -0.05) is 12.1 Å². The topological polar surface area (TPSA) is 34.2 Å². The number of ether oxygens (including phenoxy) is 2. The van der Waals surface area contributed by atoms with Crippen molar-refractivity contribution in [2.24, 2.45) is 0 Å². The summed E-state index contributed by atoms with van der Waals surface area (Å²) in [7, 11) is 0. The Labute approximate surface area is 108 Å². The minimum atomic E-state index is -0.285. The van der Waals surface area contributed by atoms with Crippen molar-refractivity contribution in [2.75, 3.05) is 13.2 Å². The Morgan fingerprint density at radius 2 is 1.63 bits per heavy atom. The predicted octanol–water partition coefficient (Wildman–Crippen LogP) is 3.51. The van der Waals surface area contributed by atoms with Gasteiger partial charge in [-0.2, -0.15) is 0 Å². The lowest BCUT2D eigenvalue weighted by Crippen LogP contribution is -1.97. The Hall–Kier alpha value is -1.91. The molecule has 4 rings (SSSR count). The largest absolute Gasteiger partial charge is 0.354 e. The summed E-state index contributed by atoms with van der Waals surface area (Å²) in [4.78, 5) is 3.23. The molecule has 2 aromatic carbocycles. The first kappa shape index (κ1) is 11.0. The second-order valence-corrected chi connectivity index (χ2v) is 4.69. The Balaban J connectivity index is 1.91. The van der Waals surface area contributed by atoms with E-state index in [0.717, 1.165) is 27.4 Å². The number of hydrogen-bond acceptors (Lipinski definition) is 2. The van der Waals surface area contributed by atoms with Gasteiger partial charge in [0.2, 0.25) is 0 Å². The summed E-state index contributed by atoms with van der Waals surface area (Å²) in [5.74, 6) is -0.235. The SMILES string of the molecule is Fc1ccc2c(c1)[nH]c1cc(C3OCCO3)ccc12. The van der Waals surface area contributed by atoms with Gasteiger partial charge < -0.3 is 14.5 Å². The molecule has 3 aromatic rings. The highest BCUT2D eigenvalue weighted by Gasteiger charge is 2.19. The molecule has 0 spiro atoms. The molecule has 1 N–H and O–H groups in total. The third-order valence-corrected chi connectivity index (χ3v) is 3.48. The number of hydrogen-bond donors (Lipinski definition) is 1. The molecule has 0 aliphatic carbocycles. The van der Waals surface area contributed by atoms with E-state index in [9.17, 15) is 4.39 Å². The maximum Gasteiger partial charge on any atom is 0.184 e. The molecule has 2 heterocycles. The summed E-state index contributed by atoms with van der Waals surface area (Å²) in [5.41, 5.74) is 2.76. The average molecular weight is 257 g/mol. The molecule has 0 amide bonds. The maximum atomic E-state index is 13.2. The van der Waals surface area contributed by atoms with Crippen molar-refractivity contribution in [3.05, 3.63) is 47.8 Å². The van der Waals surface area contributed by atoms with Crippen molar-refractivity contribution in [1.29, 1.82) is 0 Å². The monoisotopic (exact) mass is 257 g/mol. The van der Waals surface area contributed by atoms with Crippen LogP contribution in [0.4, 0.5) is 4.39 Å². The third kappa shape index (κ3) is 1.72. The van der Waals surface area contributed by atoms with Crippen LogP contribution >= 0.6 is 0 Å². The molecule has 0 unspecified atom stereocenters. The smallest absolute Gasteiger partial charge is 0.184 e. The van der Waals surface area contributed by atoms with Crippen LogP contribution in [0.2, 0.25) is 0 Å². The molecule has 0 radical (unpaired) electrons. The van der Waals surface area contributed by atoms with Gasteiger partial charge >= 0.3 is 0 Å². The fraction of sp³-hybridized carbons (Fsp3) is 0.200. The fourth-order valence-corrected chi connectivity index (χ4v) is 2.60. The lowest BCUT2D eigenvalue weighted by Gasteiger charge is -2.08. The van der Waals surface area contributed by atoms with Gasteiger partial charge in [-0.05, 0) is 24.3 Å². The average Bonchev–Trinajstić information content (AvgIpc) is 3.04. The van der Waals surface area contributed by atoms with E-state index < -0.39 is 0 Å². The molecule has 19 heavy (non-hydrogen) atoms. The Morgan fingerprint density at radius 1 is 0.947 bits per heavy atom. The summed E-state index contributed by atoms with van der Waals surface area (Å²) in [6.45, 7) is 1.25. The minimum absolute atomic E-state index is 0.235. The minimum Gasteiger partial charge on any atom is -0.354 e. The first-order chi connectivity index (χ1) is 9.31. The number of fused-ring (bicyclic) bond motifs is 3. The van der Waals surface area contributed by atoms with E-state index in [2.05, 4.69) is 4.98 Å². The first-order valence-electron chi connectivity index (χ1n) is 6.25. The number of halogens is 1. The summed E-state index contributed by atoms with van der Waals surface area (Å²) >= 11 is 0. The molecule has 0 bridgehead atoms. The van der Waals surface area contributed by atoms with Crippen molar-refractivity contribution < 1.29 is 13.9 Å². The normalized spacial score (nSPS) is 16.7. The van der Waals surface area contributed by atoms with Crippen molar-refractivity contribution in [2.45, 2.75) is 6.29 Å². The van der Waals surface area contributed by atoms with E-state index >= 15 is 0 Å². The molecule has 1 fully saturated rings. The number of benzene rings is 2. The zero-order chi connectivity index (χ0) is 12.8. The van der Waals surface area contributed by atoms with Gasteiger partial charge in [0.15, 0.2) is 6.29 Å². The van der Waals surface area contributed by atoms with Crippen LogP contribution < -0.4 is 0 Å². The number of H-pyrrole nitrogens is 1. The van der Waals surface area contributed by atoms with Gasteiger partial charge in [0.05, 0.1) is 13.2 Å². The van der Waals surface area contributed by atoms with E-state index in [1.807, 2.05) is 18.2 Å². The highest BCUT2D eigenvalue weighted by molar-refractivity contribution is 6.07. The van der Waals surface area contributed by atoms with Gasteiger partial charge in [-0.25, -0.2) is 4.39 Å². The molecule has 1 aromatic heterocycles. The molecule has 1 aliphatic rings. The number of nitrogens with one attached hydrogen (secondary N) is 1. The lowest BCUT2D eigenvalue weighted by atomic mass is 10.1. The highest BCUT2D eigenvalue weighted by Crippen LogP contribution is 2.30. The van der Waals surface area contributed by atoms with Gasteiger partial charge in [0.1, 0.15) is 5.82 Å². The van der Waals surface area contributed by atoms with Crippen molar-refractivity contribution in [3.8, 4) is 0 Å². The van der Waals surface area contributed by atoms with E-state index in [4.69, 9.17) is 9.47 Å². The maximum absolute atomic E-state index is 13.2. The van der Waals surface area contributed by atoms with Crippen molar-refractivity contribution >= 4 is 21.8 Å². The molecule has 96 valence electrons. The first-order valence-corrected chi connectivity index (χ1v) is 6.25. The molecule has 1 aliphatic heterocycles. The summed E-state index contributed by atoms with van der Waals surface area (Å²) in [6, 6.07) is 10.8. The van der Waals surface area contributed by atoms with E-state index in [-0.39, 0.29) is 12.1 Å². The standard InChI is InChI=1S/C15H12FNO2/c16-10-2-4-12-11-3-1-9(15-18-5-6-19-15)7-13(11)17-14(12)8-10/h1-4,7-8,15,17H,5-6H2. The van der Waals surface area contributed by atoms with Crippen LogP contribution in [0.5, 0.6) is 0 Å². The van der Waals surface area contributed by atoms with E-state index in [0.29, 0.717) is 13.2 Å². The van der Waals surface area contributed by atoms with Gasteiger partial charge in [-0.3, -0.25) is 0 Å². The number of aromatic amines is 1. The Kier molecular flexibility index (Phi) is 2.33. The summed E-state index contributed by atoms with van der Waals surface area (Å²) in [6.07, 6.45) is -0.285. The molecule has 4 heteroatoms. The van der Waals surface area contributed by atoms with Gasteiger partial charge in [0.25, 0.3) is 0 Å². The van der Waals surface area contributed by atoms with E-state index in [1.165, 1.54) is 12.1 Å². The lowest BCUT2D eigenvalue weighted by molar-refractivity contribution is -0.0440. The fourth-order valence-electron chi connectivity index (χ4n) is 2.60. The summed E-state index contributed by atoms with van der Waals surface area (Å²) < 4.78 is 24.2. The molecule has 3 nitrogen and oxygen atoms in total. The Morgan fingerprint density at radius 3 is 2.42 bits per heavy atom. The zero-order valence-corrected chi connectivity index (χ0v) is 10.2. The van der Waals surface area contributed by atoms with Crippen LogP contribution in [0, 0.1) is 5.82 Å². The third-order valence-electron chi connectivity index (χ3n) is 3.48. The second kappa shape index (κ2) is 4.05. The highest BCUT2D eigenvalue weighted by atomic mass is 19.1. The molecule has 1 saturated heterocycles. The Bertz CT molecular complexity index is 759. The molecular weight excluding hydrogens is 245 g/mol. The second-order valence-electron chi connectivity index (χ2n) is 4.69. The summed E-state index contributed by atoms with van der Waals surface area (Å²) in [5, 5.41) is 2.10. The van der Waals surface area contributed by atoms with Crippen molar-refractivity contribution in [1.82, 2.24) is 4.98 Å². The predicted molar refractivity (Wildman–Crippen MR) is 70.4 cm³/mol. The number of rotatable bonds is 1. The molecule has 0 saturated carbocycles. The van der Waals surface area contributed by atoms with Crippen LogP contribution in [-0.4, -0.2) is 18.2 Å².